The zero-order chi connectivity index (χ0) is 20.6. The molecule has 0 aliphatic carbocycles. The van der Waals surface area contributed by atoms with E-state index in [0.29, 0.717) is 0 Å². The number of fused-ring (bicyclic) bond motifs is 1. The van der Waals surface area contributed by atoms with Crippen LogP contribution in [0.5, 0.6) is 0 Å². The van der Waals surface area contributed by atoms with Gasteiger partial charge in [0.25, 0.3) is 15.7 Å². The van der Waals surface area contributed by atoms with Crippen molar-refractivity contribution in [3.8, 4) is 0 Å². The molecule has 1 unspecified atom stereocenters. The predicted octanol–water partition coefficient (Wildman–Crippen LogP) is 0.0947. The van der Waals surface area contributed by atoms with Gasteiger partial charge in [0.1, 0.15) is 6.10 Å². The van der Waals surface area contributed by atoms with E-state index in [1.807, 2.05) is 30.3 Å². The van der Waals surface area contributed by atoms with Crippen molar-refractivity contribution in [2.75, 3.05) is 19.0 Å². The van der Waals surface area contributed by atoms with E-state index in [2.05, 4.69) is 4.98 Å². The average molecular weight is 424 g/mol. The Kier molecular flexibility index (Phi) is 5.40. The second-order valence-corrected chi connectivity index (χ2v) is 8.54. The highest BCUT2D eigenvalue weighted by Crippen LogP contribution is 2.39. The van der Waals surface area contributed by atoms with Gasteiger partial charge in [-0.15, -0.1) is 0 Å². The lowest BCUT2D eigenvalue weighted by Gasteiger charge is -2.46. The lowest BCUT2D eigenvalue weighted by molar-refractivity contribution is -0.295. The Balaban J connectivity index is 1.69. The molecular formula is C18H20N2O8S. The number of aromatic nitrogens is 2. The first-order chi connectivity index (χ1) is 13.8. The summed E-state index contributed by atoms with van der Waals surface area (Å²) in [6.45, 7) is 0.162. The van der Waals surface area contributed by atoms with Crippen molar-refractivity contribution >= 4 is 10.1 Å². The number of nitrogens with one attached hydrogen (secondary N) is 1. The third-order valence-electron chi connectivity index (χ3n) is 5.14. The number of aromatic amines is 1. The second-order valence-electron chi connectivity index (χ2n) is 7.05. The van der Waals surface area contributed by atoms with Gasteiger partial charge in [0, 0.05) is 23.7 Å². The van der Waals surface area contributed by atoms with Crippen molar-refractivity contribution in [1.29, 1.82) is 0 Å². The number of H-pyrrole nitrogens is 1. The molecule has 2 N–H and O–H groups in total. The van der Waals surface area contributed by atoms with Gasteiger partial charge in [-0.25, -0.2) is 4.79 Å². The van der Waals surface area contributed by atoms with E-state index in [-0.39, 0.29) is 13.2 Å². The number of rotatable bonds is 4. The van der Waals surface area contributed by atoms with Crippen molar-refractivity contribution in [3.63, 3.8) is 0 Å². The standard InChI is InChI=1S/C18H20N2O8S/c21-15-6-7-20(18(22)19-15)13-8-26-14-9-27-17(11-4-2-1-3-5-11)28-16(14)12(13)10-29(23,24)25/h1-7,12-14,16-17H,8-10H2,(H,19,21,22)(H,23,24,25)/t12-,13+,14+,16-,17?/m0/s1. The normalized spacial score (nSPS) is 29.9. The molecule has 0 radical (unpaired) electrons. The summed E-state index contributed by atoms with van der Waals surface area (Å²) in [4.78, 5) is 25.8. The molecule has 5 atom stereocenters. The van der Waals surface area contributed by atoms with E-state index in [9.17, 15) is 22.6 Å². The van der Waals surface area contributed by atoms with Crippen LogP contribution >= 0.6 is 0 Å². The van der Waals surface area contributed by atoms with Gasteiger partial charge in [0.15, 0.2) is 6.29 Å². The lowest BCUT2D eigenvalue weighted by Crippen LogP contribution is -2.56. The van der Waals surface area contributed by atoms with Crippen LogP contribution in [0.15, 0.2) is 52.2 Å². The minimum absolute atomic E-state index is 0.00394. The largest absolute Gasteiger partial charge is 0.371 e. The van der Waals surface area contributed by atoms with Crippen LogP contribution in [-0.2, 0) is 24.3 Å². The molecule has 156 valence electrons. The maximum Gasteiger partial charge on any atom is 0.328 e. The fourth-order valence-electron chi connectivity index (χ4n) is 3.84. The van der Waals surface area contributed by atoms with Crippen LogP contribution in [0.2, 0.25) is 0 Å². The summed E-state index contributed by atoms with van der Waals surface area (Å²) in [5.74, 6) is -1.43. The van der Waals surface area contributed by atoms with Gasteiger partial charge < -0.3 is 14.2 Å². The van der Waals surface area contributed by atoms with E-state index in [1.165, 1.54) is 10.8 Å². The van der Waals surface area contributed by atoms with Crippen molar-refractivity contribution in [3.05, 3.63) is 69.0 Å². The smallest absolute Gasteiger partial charge is 0.328 e. The number of hydrogen-bond donors (Lipinski definition) is 2. The molecule has 0 spiro atoms. The average Bonchev–Trinajstić information content (AvgIpc) is 2.68. The molecule has 0 saturated carbocycles. The number of nitrogens with zero attached hydrogens (tertiary/aromatic N) is 1. The molecule has 2 aromatic rings. The molecule has 2 aliphatic rings. The van der Waals surface area contributed by atoms with Crippen LogP contribution in [0.3, 0.4) is 0 Å². The van der Waals surface area contributed by atoms with Gasteiger partial charge in [-0.2, -0.15) is 8.42 Å². The summed E-state index contributed by atoms with van der Waals surface area (Å²) in [5.41, 5.74) is -0.518. The van der Waals surface area contributed by atoms with E-state index in [0.717, 1.165) is 11.6 Å². The molecule has 2 saturated heterocycles. The molecule has 29 heavy (non-hydrogen) atoms. The number of benzene rings is 1. The fraction of sp³-hybridized carbons (Fsp3) is 0.444. The van der Waals surface area contributed by atoms with Crippen molar-refractivity contribution in [1.82, 2.24) is 9.55 Å². The van der Waals surface area contributed by atoms with Crippen LogP contribution in [0.1, 0.15) is 17.9 Å². The lowest BCUT2D eigenvalue weighted by atomic mass is 9.88. The second kappa shape index (κ2) is 7.84. The fourth-order valence-corrected chi connectivity index (χ4v) is 4.74. The third kappa shape index (κ3) is 4.33. The first-order valence-electron chi connectivity index (χ1n) is 9.02. The highest BCUT2D eigenvalue weighted by molar-refractivity contribution is 7.85. The molecule has 2 aliphatic heterocycles. The third-order valence-corrected chi connectivity index (χ3v) is 5.95. The van der Waals surface area contributed by atoms with E-state index >= 15 is 0 Å². The molecule has 0 bridgehead atoms. The summed E-state index contributed by atoms with van der Waals surface area (Å²) in [6, 6.07) is 9.52. The summed E-state index contributed by atoms with van der Waals surface area (Å²) in [7, 11) is -4.38. The molecule has 1 aromatic carbocycles. The Morgan fingerprint density at radius 2 is 1.86 bits per heavy atom. The van der Waals surface area contributed by atoms with Gasteiger partial charge in [0.2, 0.25) is 0 Å². The first kappa shape index (κ1) is 20.0. The summed E-state index contributed by atoms with van der Waals surface area (Å²) in [5, 5.41) is 0. The highest BCUT2D eigenvalue weighted by atomic mass is 32.2. The zero-order valence-electron chi connectivity index (χ0n) is 15.2. The van der Waals surface area contributed by atoms with E-state index < -0.39 is 57.6 Å². The van der Waals surface area contributed by atoms with Crippen molar-refractivity contribution in [2.24, 2.45) is 5.92 Å². The molecule has 1 aromatic heterocycles. The molecule has 4 rings (SSSR count). The molecule has 11 heteroatoms. The van der Waals surface area contributed by atoms with Crippen LogP contribution < -0.4 is 11.2 Å². The minimum atomic E-state index is -4.38. The Morgan fingerprint density at radius 1 is 1.10 bits per heavy atom. The minimum Gasteiger partial charge on any atom is -0.371 e. The van der Waals surface area contributed by atoms with Gasteiger partial charge in [-0.1, -0.05) is 30.3 Å². The van der Waals surface area contributed by atoms with Crippen LogP contribution in [0.4, 0.5) is 0 Å². The predicted molar refractivity (Wildman–Crippen MR) is 100 cm³/mol. The van der Waals surface area contributed by atoms with Crippen LogP contribution in [-0.4, -0.2) is 53.7 Å². The maximum absolute atomic E-state index is 12.3. The molecule has 2 fully saturated rings. The quantitative estimate of drug-likeness (QED) is 0.659. The Bertz CT molecular complexity index is 1080. The van der Waals surface area contributed by atoms with Gasteiger partial charge in [-0.05, 0) is 0 Å². The van der Waals surface area contributed by atoms with Gasteiger partial charge in [-0.3, -0.25) is 18.9 Å². The maximum atomic E-state index is 12.3. The zero-order valence-corrected chi connectivity index (χ0v) is 16.0. The number of ether oxygens (including phenoxy) is 3. The van der Waals surface area contributed by atoms with Crippen molar-refractivity contribution < 1.29 is 27.2 Å². The summed E-state index contributed by atoms with van der Waals surface area (Å²) < 4.78 is 51.7. The number of hydrogen-bond acceptors (Lipinski definition) is 7. The van der Waals surface area contributed by atoms with Crippen LogP contribution in [0, 0.1) is 5.92 Å². The molecule has 10 nitrogen and oxygen atoms in total. The molecule has 3 heterocycles. The van der Waals surface area contributed by atoms with Gasteiger partial charge in [0.05, 0.1) is 31.1 Å². The van der Waals surface area contributed by atoms with E-state index in [1.54, 1.807) is 0 Å². The topological polar surface area (TPSA) is 137 Å². The molecular weight excluding hydrogens is 404 g/mol. The Hall–Kier alpha value is -2.31. The van der Waals surface area contributed by atoms with Crippen molar-refractivity contribution in [2.45, 2.75) is 24.5 Å². The van der Waals surface area contributed by atoms with E-state index in [4.69, 9.17) is 14.2 Å². The highest BCUT2D eigenvalue weighted by Gasteiger charge is 2.48. The SMILES string of the molecule is O=c1ccn([C@@H]2CO[C@@H]3COC(c4ccccc4)O[C@H]3[C@H]2CS(=O)(=O)O)c(=O)[nH]1. The monoisotopic (exact) mass is 424 g/mol. The molecule has 0 amide bonds. The first-order valence-corrected chi connectivity index (χ1v) is 10.6. The summed E-state index contributed by atoms with van der Waals surface area (Å²) >= 11 is 0. The Labute approximate surface area is 165 Å². The van der Waals surface area contributed by atoms with Gasteiger partial charge >= 0.3 is 5.69 Å². The summed E-state index contributed by atoms with van der Waals surface area (Å²) in [6.07, 6.45) is -0.776. The Morgan fingerprint density at radius 3 is 2.55 bits per heavy atom. The van der Waals surface area contributed by atoms with Crippen LogP contribution in [0.25, 0.3) is 0 Å².